The Labute approximate surface area is 119 Å². The molecule has 0 bridgehead atoms. The average Bonchev–Trinajstić information content (AvgIpc) is 3.17. The summed E-state index contributed by atoms with van der Waals surface area (Å²) in [5, 5.41) is 4.34. The molecule has 1 aliphatic carbocycles. The van der Waals surface area contributed by atoms with Crippen LogP contribution >= 0.6 is 0 Å². The molecule has 1 heterocycles. The molecule has 1 fully saturated rings. The molecule has 104 valence electrons. The van der Waals surface area contributed by atoms with Gasteiger partial charge in [0.15, 0.2) is 5.78 Å². The zero-order chi connectivity index (χ0) is 14.0. The monoisotopic (exact) mass is 268 g/mol. The molecule has 1 aromatic heterocycles. The van der Waals surface area contributed by atoms with E-state index in [-0.39, 0.29) is 11.2 Å². The lowest BCUT2D eigenvalue weighted by atomic mass is 9.77. The van der Waals surface area contributed by atoms with E-state index in [9.17, 15) is 4.79 Å². The normalized spacial score (nSPS) is 17.2. The Balaban J connectivity index is 1.89. The number of para-hydroxylation sites is 1. The molecule has 0 N–H and O–H groups in total. The maximum atomic E-state index is 12.8. The molecule has 0 saturated heterocycles. The summed E-state index contributed by atoms with van der Waals surface area (Å²) in [4.78, 5) is 12.8. The number of hydrogen-bond acceptors (Lipinski definition) is 2. The van der Waals surface area contributed by atoms with Crippen molar-refractivity contribution in [3.05, 3.63) is 48.3 Å². The highest BCUT2D eigenvalue weighted by Crippen LogP contribution is 2.43. The van der Waals surface area contributed by atoms with Crippen LogP contribution in [0, 0.1) is 5.41 Å². The molecule has 3 heteroatoms. The Kier molecular flexibility index (Phi) is 3.43. The first-order chi connectivity index (χ1) is 9.75. The SMILES string of the molecule is CCC1(C(=O)c2cnn(-c3ccccc3)c2)CCCC1. The van der Waals surface area contributed by atoms with Gasteiger partial charge in [0.05, 0.1) is 17.4 Å². The maximum absolute atomic E-state index is 12.8. The molecule has 0 atom stereocenters. The zero-order valence-corrected chi connectivity index (χ0v) is 11.9. The van der Waals surface area contributed by atoms with E-state index in [0.717, 1.165) is 30.5 Å². The summed E-state index contributed by atoms with van der Waals surface area (Å²) < 4.78 is 1.78. The lowest BCUT2D eigenvalue weighted by Gasteiger charge is -2.24. The van der Waals surface area contributed by atoms with Gasteiger partial charge < -0.3 is 0 Å². The molecule has 1 saturated carbocycles. The lowest BCUT2D eigenvalue weighted by molar-refractivity contribution is 0.0791. The van der Waals surface area contributed by atoms with Crippen molar-refractivity contribution in [2.24, 2.45) is 5.41 Å². The number of carbonyl (C=O) groups excluding carboxylic acids is 1. The van der Waals surface area contributed by atoms with Crippen molar-refractivity contribution < 1.29 is 4.79 Å². The second-order valence-electron chi connectivity index (χ2n) is 5.68. The molecule has 0 aliphatic heterocycles. The summed E-state index contributed by atoms with van der Waals surface area (Å²) in [7, 11) is 0. The Morgan fingerprint density at radius 1 is 1.25 bits per heavy atom. The van der Waals surface area contributed by atoms with Gasteiger partial charge in [0, 0.05) is 11.6 Å². The molecule has 0 unspecified atom stereocenters. The summed E-state index contributed by atoms with van der Waals surface area (Å²) in [5.74, 6) is 0.277. The minimum absolute atomic E-state index is 0.134. The first-order valence-corrected chi connectivity index (χ1v) is 7.40. The van der Waals surface area contributed by atoms with Gasteiger partial charge in [-0.2, -0.15) is 5.10 Å². The van der Waals surface area contributed by atoms with Crippen LogP contribution in [0.4, 0.5) is 0 Å². The Morgan fingerprint density at radius 2 is 1.95 bits per heavy atom. The molecule has 1 aliphatic rings. The van der Waals surface area contributed by atoms with E-state index in [1.54, 1.807) is 10.9 Å². The second kappa shape index (κ2) is 5.23. The number of hydrogen-bond donors (Lipinski definition) is 0. The van der Waals surface area contributed by atoms with E-state index >= 15 is 0 Å². The number of rotatable bonds is 4. The van der Waals surface area contributed by atoms with Gasteiger partial charge in [-0.3, -0.25) is 4.79 Å². The van der Waals surface area contributed by atoms with Gasteiger partial charge in [0.25, 0.3) is 0 Å². The van der Waals surface area contributed by atoms with Crippen molar-refractivity contribution >= 4 is 5.78 Å². The van der Waals surface area contributed by atoms with Crippen LogP contribution in [-0.4, -0.2) is 15.6 Å². The van der Waals surface area contributed by atoms with Crippen molar-refractivity contribution in [2.45, 2.75) is 39.0 Å². The van der Waals surface area contributed by atoms with Crippen LogP contribution in [-0.2, 0) is 0 Å². The standard InChI is InChI=1S/C17H20N2O/c1-2-17(10-6-7-11-17)16(20)14-12-18-19(13-14)15-8-4-3-5-9-15/h3-5,8-9,12-13H,2,6-7,10-11H2,1H3. The number of ketones is 1. The number of carbonyl (C=O) groups is 1. The quantitative estimate of drug-likeness (QED) is 0.785. The highest BCUT2D eigenvalue weighted by Gasteiger charge is 2.40. The van der Waals surface area contributed by atoms with Gasteiger partial charge in [0.2, 0.25) is 0 Å². The predicted octanol–water partition coefficient (Wildman–Crippen LogP) is 4.03. The molecule has 1 aromatic carbocycles. The second-order valence-corrected chi connectivity index (χ2v) is 5.68. The van der Waals surface area contributed by atoms with Gasteiger partial charge in [-0.15, -0.1) is 0 Å². The van der Waals surface area contributed by atoms with Gasteiger partial charge >= 0.3 is 0 Å². The summed E-state index contributed by atoms with van der Waals surface area (Å²) >= 11 is 0. The third-order valence-electron chi connectivity index (χ3n) is 4.58. The summed E-state index contributed by atoms with van der Waals surface area (Å²) in [6.45, 7) is 2.13. The fourth-order valence-corrected chi connectivity index (χ4v) is 3.26. The van der Waals surface area contributed by atoms with Crippen molar-refractivity contribution in [1.29, 1.82) is 0 Å². The summed E-state index contributed by atoms with van der Waals surface area (Å²) in [6, 6.07) is 9.91. The maximum Gasteiger partial charge on any atom is 0.172 e. The fraction of sp³-hybridized carbons (Fsp3) is 0.412. The van der Waals surface area contributed by atoms with Crippen LogP contribution in [0.2, 0.25) is 0 Å². The average molecular weight is 268 g/mol. The van der Waals surface area contributed by atoms with Crippen LogP contribution in [0.15, 0.2) is 42.7 Å². The highest BCUT2D eigenvalue weighted by molar-refractivity contribution is 6.00. The molecule has 2 aromatic rings. The number of Topliss-reactive ketones (excluding diaryl/α,β-unsaturated/α-hetero) is 1. The van der Waals surface area contributed by atoms with Crippen LogP contribution < -0.4 is 0 Å². The smallest absolute Gasteiger partial charge is 0.172 e. The van der Waals surface area contributed by atoms with Crippen LogP contribution in [0.1, 0.15) is 49.4 Å². The minimum Gasteiger partial charge on any atom is -0.293 e. The molecular formula is C17H20N2O. The molecular weight excluding hydrogens is 248 g/mol. The number of nitrogens with zero attached hydrogens (tertiary/aromatic N) is 2. The fourth-order valence-electron chi connectivity index (χ4n) is 3.26. The van der Waals surface area contributed by atoms with E-state index in [1.807, 2.05) is 36.5 Å². The topological polar surface area (TPSA) is 34.9 Å². The Bertz CT molecular complexity index is 594. The first-order valence-electron chi connectivity index (χ1n) is 7.40. The van der Waals surface area contributed by atoms with Gasteiger partial charge in [0.1, 0.15) is 0 Å². The van der Waals surface area contributed by atoms with Crippen molar-refractivity contribution in [3.63, 3.8) is 0 Å². The molecule has 0 spiro atoms. The predicted molar refractivity (Wildman–Crippen MR) is 79.1 cm³/mol. The van der Waals surface area contributed by atoms with Crippen LogP contribution in [0.5, 0.6) is 0 Å². The van der Waals surface area contributed by atoms with Gasteiger partial charge in [-0.05, 0) is 31.4 Å². The van der Waals surface area contributed by atoms with Crippen molar-refractivity contribution in [1.82, 2.24) is 9.78 Å². The molecule has 3 nitrogen and oxygen atoms in total. The third kappa shape index (κ3) is 2.17. The van der Waals surface area contributed by atoms with Crippen molar-refractivity contribution in [2.75, 3.05) is 0 Å². The first kappa shape index (κ1) is 13.1. The van der Waals surface area contributed by atoms with E-state index in [4.69, 9.17) is 0 Å². The lowest BCUT2D eigenvalue weighted by Crippen LogP contribution is -2.27. The third-order valence-corrected chi connectivity index (χ3v) is 4.58. The van der Waals surface area contributed by atoms with E-state index in [2.05, 4.69) is 12.0 Å². The summed E-state index contributed by atoms with van der Waals surface area (Å²) in [6.07, 6.45) is 8.91. The molecule has 20 heavy (non-hydrogen) atoms. The number of aromatic nitrogens is 2. The summed E-state index contributed by atoms with van der Waals surface area (Å²) in [5.41, 5.74) is 1.60. The van der Waals surface area contributed by atoms with E-state index < -0.39 is 0 Å². The zero-order valence-electron chi connectivity index (χ0n) is 11.9. The van der Waals surface area contributed by atoms with E-state index in [0.29, 0.717) is 0 Å². The van der Waals surface area contributed by atoms with Crippen molar-refractivity contribution in [3.8, 4) is 5.69 Å². The molecule has 3 rings (SSSR count). The molecule has 0 amide bonds. The molecule has 0 radical (unpaired) electrons. The van der Waals surface area contributed by atoms with Gasteiger partial charge in [-0.25, -0.2) is 4.68 Å². The van der Waals surface area contributed by atoms with Crippen LogP contribution in [0.25, 0.3) is 5.69 Å². The number of benzene rings is 1. The van der Waals surface area contributed by atoms with Gasteiger partial charge in [-0.1, -0.05) is 38.0 Å². The highest BCUT2D eigenvalue weighted by atomic mass is 16.1. The minimum atomic E-state index is -0.134. The van der Waals surface area contributed by atoms with Crippen LogP contribution in [0.3, 0.4) is 0 Å². The van der Waals surface area contributed by atoms with E-state index in [1.165, 1.54) is 12.8 Å². The largest absolute Gasteiger partial charge is 0.293 e. The Hall–Kier alpha value is -1.90. The Morgan fingerprint density at radius 3 is 2.60 bits per heavy atom.